The molecule has 0 aliphatic rings. The molecule has 1 aromatic carbocycles. The molecule has 1 N–H and O–H groups in total. The summed E-state index contributed by atoms with van der Waals surface area (Å²) >= 11 is 0. The first kappa shape index (κ1) is 18.5. The van der Waals surface area contributed by atoms with Crippen molar-refractivity contribution < 1.29 is 4.79 Å². The first-order valence-electron chi connectivity index (χ1n) is 8.95. The molecule has 0 aliphatic heterocycles. The second-order valence-electron chi connectivity index (χ2n) is 6.53. The van der Waals surface area contributed by atoms with Crippen LogP contribution in [0.2, 0.25) is 0 Å². The molecule has 0 bridgehead atoms. The predicted molar refractivity (Wildman–Crippen MR) is 105 cm³/mol. The maximum atomic E-state index is 12.3. The highest BCUT2D eigenvalue weighted by Crippen LogP contribution is 2.17. The third kappa shape index (κ3) is 5.10. The predicted octanol–water partition coefficient (Wildman–Crippen LogP) is 3.22. The lowest BCUT2D eigenvalue weighted by Crippen LogP contribution is -2.31. The van der Waals surface area contributed by atoms with Crippen molar-refractivity contribution >= 4 is 11.7 Å². The van der Waals surface area contributed by atoms with Crippen molar-refractivity contribution in [3.63, 3.8) is 0 Å². The molecule has 3 aromatic rings. The smallest absolute Gasteiger partial charge is 0.272 e. The van der Waals surface area contributed by atoms with Crippen LogP contribution in [0.5, 0.6) is 0 Å². The lowest BCUT2D eigenvalue weighted by Gasteiger charge is -2.27. The van der Waals surface area contributed by atoms with Crippen LogP contribution in [0.4, 0.5) is 5.82 Å². The summed E-state index contributed by atoms with van der Waals surface area (Å²) in [5, 5.41) is 11.2. The molecule has 0 unspecified atom stereocenters. The minimum absolute atomic E-state index is 0.253. The van der Waals surface area contributed by atoms with Gasteiger partial charge in [-0.1, -0.05) is 36.4 Å². The van der Waals surface area contributed by atoms with Crippen molar-refractivity contribution in [3.05, 3.63) is 83.8 Å². The number of nitrogens with zero attached hydrogens (tertiary/aromatic N) is 4. The average molecular weight is 361 g/mol. The van der Waals surface area contributed by atoms with E-state index in [-0.39, 0.29) is 11.9 Å². The van der Waals surface area contributed by atoms with Gasteiger partial charge in [-0.05, 0) is 43.2 Å². The maximum absolute atomic E-state index is 12.3. The summed E-state index contributed by atoms with van der Waals surface area (Å²) in [5.41, 5.74) is 2.43. The van der Waals surface area contributed by atoms with Crippen LogP contribution >= 0.6 is 0 Å². The molecule has 0 fully saturated rings. The molecule has 6 nitrogen and oxygen atoms in total. The van der Waals surface area contributed by atoms with Gasteiger partial charge in [0.05, 0.1) is 0 Å². The third-order valence-corrected chi connectivity index (χ3v) is 4.17. The van der Waals surface area contributed by atoms with Crippen molar-refractivity contribution in [1.82, 2.24) is 20.5 Å². The molecule has 0 saturated carbocycles. The lowest BCUT2D eigenvalue weighted by molar-refractivity contribution is 0.0945. The summed E-state index contributed by atoms with van der Waals surface area (Å²) in [6.45, 7) is 5.36. The van der Waals surface area contributed by atoms with Crippen LogP contribution in [0.25, 0.3) is 0 Å². The molecule has 3 rings (SSSR count). The highest BCUT2D eigenvalue weighted by atomic mass is 16.1. The Hall–Kier alpha value is -3.28. The highest BCUT2D eigenvalue weighted by molar-refractivity contribution is 5.92. The molecule has 0 aliphatic carbocycles. The first-order valence-corrected chi connectivity index (χ1v) is 8.95. The van der Waals surface area contributed by atoms with Crippen LogP contribution in [0.1, 0.15) is 35.5 Å². The Morgan fingerprint density at radius 1 is 1.00 bits per heavy atom. The maximum Gasteiger partial charge on any atom is 0.272 e. The van der Waals surface area contributed by atoms with Gasteiger partial charge in [-0.3, -0.25) is 9.78 Å². The third-order valence-electron chi connectivity index (χ3n) is 4.17. The molecular weight excluding hydrogens is 338 g/mol. The average Bonchev–Trinajstić information content (AvgIpc) is 2.72. The number of hydrogen-bond acceptors (Lipinski definition) is 5. The summed E-state index contributed by atoms with van der Waals surface area (Å²) in [7, 11) is 0. The second kappa shape index (κ2) is 8.89. The molecule has 1 amide bonds. The first-order chi connectivity index (χ1) is 13.1. The summed E-state index contributed by atoms with van der Waals surface area (Å²) in [4.78, 5) is 18.5. The van der Waals surface area contributed by atoms with Crippen molar-refractivity contribution in [2.24, 2.45) is 0 Å². The number of aromatic nitrogens is 3. The summed E-state index contributed by atoms with van der Waals surface area (Å²) < 4.78 is 0. The van der Waals surface area contributed by atoms with Gasteiger partial charge >= 0.3 is 0 Å². The van der Waals surface area contributed by atoms with Crippen molar-refractivity contribution in [1.29, 1.82) is 0 Å². The number of amides is 1. The fraction of sp³-hybridized carbons (Fsp3) is 0.238. The normalized spacial score (nSPS) is 10.6. The topological polar surface area (TPSA) is 71.0 Å². The Kier molecular flexibility index (Phi) is 6.10. The van der Waals surface area contributed by atoms with Gasteiger partial charge in [0.15, 0.2) is 11.5 Å². The highest BCUT2D eigenvalue weighted by Gasteiger charge is 2.15. The lowest BCUT2D eigenvalue weighted by atomic mass is 10.2. The Morgan fingerprint density at radius 2 is 1.78 bits per heavy atom. The quantitative estimate of drug-likeness (QED) is 0.700. The van der Waals surface area contributed by atoms with Gasteiger partial charge in [0.1, 0.15) is 0 Å². The summed E-state index contributed by atoms with van der Waals surface area (Å²) in [6.07, 6.45) is 3.42. The molecule has 0 radical (unpaired) electrons. The molecule has 27 heavy (non-hydrogen) atoms. The molecule has 0 spiro atoms. The monoisotopic (exact) mass is 361 g/mol. The Morgan fingerprint density at radius 3 is 2.41 bits per heavy atom. The van der Waals surface area contributed by atoms with E-state index in [4.69, 9.17) is 0 Å². The molecule has 0 saturated heterocycles. The minimum Gasteiger partial charge on any atom is -0.348 e. The van der Waals surface area contributed by atoms with Crippen LogP contribution in [-0.4, -0.2) is 27.1 Å². The van der Waals surface area contributed by atoms with Crippen LogP contribution in [0.15, 0.2) is 67.0 Å². The fourth-order valence-corrected chi connectivity index (χ4v) is 2.68. The van der Waals surface area contributed by atoms with E-state index < -0.39 is 0 Å². The van der Waals surface area contributed by atoms with E-state index in [9.17, 15) is 4.79 Å². The van der Waals surface area contributed by atoms with E-state index in [0.717, 1.165) is 17.9 Å². The summed E-state index contributed by atoms with van der Waals surface area (Å²) in [5.74, 6) is 0.495. The van der Waals surface area contributed by atoms with E-state index in [0.29, 0.717) is 12.2 Å². The molecule has 2 heterocycles. The zero-order valence-electron chi connectivity index (χ0n) is 15.5. The number of carbonyl (C=O) groups is 1. The Balaban J connectivity index is 1.66. The summed E-state index contributed by atoms with van der Waals surface area (Å²) in [6, 6.07) is 17.8. The van der Waals surface area contributed by atoms with Crippen LogP contribution in [-0.2, 0) is 13.1 Å². The van der Waals surface area contributed by atoms with Gasteiger partial charge in [-0.25, -0.2) is 0 Å². The van der Waals surface area contributed by atoms with E-state index in [1.165, 1.54) is 5.56 Å². The molecular formula is C21H23N5O. The molecule has 2 aromatic heterocycles. The van der Waals surface area contributed by atoms with E-state index in [1.54, 1.807) is 18.5 Å². The molecule has 138 valence electrons. The van der Waals surface area contributed by atoms with Gasteiger partial charge in [-0.15, -0.1) is 10.2 Å². The zero-order chi connectivity index (χ0) is 19.1. The fourth-order valence-electron chi connectivity index (χ4n) is 2.68. The van der Waals surface area contributed by atoms with Gasteiger partial charge in [0, 0.05) is 31.5 Å². The number of nitrogens with one attached hydrogen (secondary N) is 1. The van der Waals surface area contributed by atoms with Crippen LogP contribution in [0, 0.1) is 0 Å². The van der Waals surface area contributed by atoms with Gasteiger partial charge in [-0.2, -0.15) is 0 Å². The van der Waals surface area contributed by atoms with Gasteiger partial charge in [0.25, 0.3) is 5.91 Å². The van der Waals surface area contributed by atoms with E-state index in [2.05, 4.69) is 51.4 Å². The number of anilines is 1. The number of carbonyl (C=O) groups excluding carboxylic acids is 1. The Labute approximate surface area is 159 Å². The zero-order valence-corrected chi connectivity index (χ0v) is 15.5. The van der Waals surface area contributed by atoms with E-state index >= 15 is 0 Å². The van der Waals surface area contributed by atoms with Crippen LogP contribution in [0.3, 0.4) is 0 Å². The largest absolute Gasteiger partial charge is 0.348 e. The minimum atomic E-state index is -0.253. The molecule has 0 atom stereocenters. The van der Waals surface area contributed by atoms with Crippen molar-refractivity contribution in [2.45, 2.75) is 33.0 Å². The van der Waals surface area contributed by atoms with E-state index in [1.807, 2.05) is 36.4 Å². The number of benzene rings is 1. The van der Waals surface area contributed by atoms with Crippen LogP contribution < -0.4 is 10.2 Å². The van der Waals surface area contributed by atoms with Gasteiger partial charge < -0.3 is 10.2 Å². The number of hydrogen-bond donors (Lipinski definition) is 1. The standard InChI is InChI=1S/C21H23N5O/c1-16(2)26(15-17-7-4-3-5-8-17)20-11-10-19(24-25-20)21(27)23-14-18-9-6-12-22-13-18/h3-13,16H,14-15H2,1-2H3,(H,23,27). The number of pyridine rings is 1. The van der Waals surface area contributed by atoms with Gasteiger partial charge in [0.2, 0.25) is 0 Å². The molecule has 6 heteroatoms. The van der Waals surface area contributed by atoms with Crippen molar-refractivity contribution in [3.8, 4) is 0 Å². The second-order valence-corrected chi connectivity index (χ2v) is 6.53. The Bertz CT molecular complexity index is 851. The SMILES string of the molecule is CC(C)N(Cc1ccccc1)c1ccc(C(=O)NCc2cccnc2)nn1. The van der Waals surface area contributed by atoms with Crippen molar-refractivity contribution in [2.75, 3.05) is 4.90 Å². The number of rotatable bonds is 7.